The molecule has 0 aromatic rings. The van der Waals surface area contributed by atoms with E-state index in [0.29, 0.717) is 6.04 Å². The van der Waals surface area contributed by atoms with Crippen LogP contribution in [0.15, 0.2) is 0 Å². The van der Waals surface area contributed by atoms with Gasteiger partial charge < -0.3 is 4.90 Å². The molecular weight excluding hydrogens is 194 g/mol. The first kappa shape index (κ1) is 12.3. The highest BCUT2D eigenvalue weighted by molar-refractivity contribution is 6.17. The van der Waals surface area contributed by atoms with Crippen molar-refractivity contribution in [3.63, 3.8) is 0 Å². The summed E-state index contributed by atoms with van der Waals surface area (Å²) in [5.74, 6) is 1.84. The maximum atomic E-state index is 5.66. The van der Waals surface area contributed by atoms with Crippen LogP contribution in [0, 0.1) is 5.92 Å². The quantitative estimate of drug-likeness (QED) is 0.444. The van der Waals surface area contributed by atoms with Crippen molar-refractivity contribution in [3.8, 4) is 0 Å². The van der Waals surface area contributed by atoms with Crippen molar-refractivity contribution in [1.29, 1.82) is 0 Å². The third-order valence-corrected chi connectivity index (χ3v) is 3.27. The Bertz CT molecular complexity index is 143. The number of unbranched alkanes of at least 4 members (excludes halogenated alkanes) is 2. The van der Waals surface area contributed by atoms with Crippen LogP contribution in [-0.4, -0.2) is 29.9 Å². The Morgan fingerprint density at radius 1 is 1.21 bits per heavy atom. The molecule has 1 aliphatic carbocycles. The van der Waals surface area contributed by atoms with Gasteiger partial charge in [-0.2, -0.15) is 0 Å². The predicted molar refractivity (Wildman–Crippen MR) is 64.0 cm³/mol. The third-order valence-electron chi connectivity index (χ3n) is 3.00. The Kier molecular flexibility index (Phi) is 5.88. The van der Waals surface area contributed by atoms with Gasteiger partial charge in [-0.3, -0.25) is 0 Å². The molecule has 0 saturated heterocycles. The molecule has 2 heteroatoms. The van der Waals surface area contributed by atoms with E-state index in [2.05, 4.69) is 18.7 Å². The van der Waals surface area contributed by atoms with Crippen LogP contribution in [0.2, 0.25) is 0 Å². The van der Waals surface area contributed by atoms with Crippen LogP contribution in [0.4, 0.5) is 0 Å². The van der Waals surface area contributed by atoms with E-state index in [1.807, 2.05) is 0 Å². The molecule has 1 nitrogen and oxygen atoms in total. The first-order chi connectivity index (χ1) is 6.74. The van der Waals surface area contributed by atoms with Crippen LogP contribution in [-0.2, 0) is 0 Å². The molecule has 84 valence electrons. The van der Waals surface area contributed by atoms with Crippen LogP contribution >= 0.6 is 11.6 Å². The molecule has 1 saturated carbocycles. The highest BCUT2D eigenvalue weighted by Gasteiger charge is 2.24. The smallest absolute Gasteiger partial charge is 0.0223 e. The zero-order valence-electron chi connectivity index (χ0n) is 9.64. The first-order valence-electron chi connectivity index (χ1n) is 6.04. The molecule has 0 radical (unpaired) electrons. The first-order valence-corrected chi connectivity index (χ1v) is 6.57. The molecular formula is C12H24ClN. The minimum atomic E-state index is 0.714. The number of nitrogens with zero attached hydrogens (tertiary/aromatic N) is 1. The monoisotopic (exact) mass is 217 g/mol. The number of rotatable bonds is 8. The molecule has 0 heterocycles. The summed E-state index contributed by atoms with van der Waals surface area (Å²) in [4.78, 5) is 2.63. The van der Waals surface area contributed by atoms with Gasteiger partial charge in [-0.1, -0.05) is 6.42 Å². The maximum Gasteiger partial charge on any atom is 0.0223 e. The molecule has 1 aliphatic rings. The van der Waals surface area contributed by atoms with Gasteiger partial charge in [0, 0.05) is 18.5 Å². The third kappa shape index (κ3) is 5.21. The van der Waals surface area contributed by atoms with E-state index < -0.39 is 0 Å². The molecule has 0 bridgehead atoms. The second-order valence-electron chi connectivity index (χ2n) is 4.78. The van der Waals surface area contributed by atoms with Crippen LogP contribution < -0.4 is 0 Å². The number of alkyl halides is 1. The fraction of sp³-hybridized carbons (Fsp3) is 1.00. The van der Waals surface area contributed by atoms with E-state index in [9.17, 15) is 0 Å². The summed E-state index contributed by atoms with van der Waals surface area (Å²) in [6.45, 7) is 7.22. The van der Waals surface area contributed by atoms with E-state index >= 15 is 0 Å². The van der Waals surface area contributed by atoms with Gasteiger partial charge in [0.2, 0.25) is 0 Å². The lowest BCUT2D eigenvalue weighted by molar-refractivity contribution is 0.208. The summed E-state index contributed by atoms with van der Waals surface area (Å²) < 4.78 is 0. The highest BCUT2D eigenvalue weighted by Crippen LogP contribution is 2.30. The van der Waals surface area contributed by atoms with Crippen molar-refractivity contribution in [2.24, 2.45) is 5.92 Å². The lowest BCUT2D eigenvalue weighted by Gasteiger charge is -2.26. The maximum absolute atomic E-state index is 5.66. The predicted octanol–water partition coefficient (Wildman–Crippen LogP) is 3.52. The SMILES string of the molecule is CC(C)N(CCCCCCl)CC1CC1. The second-order valence-corrected chi connectivity index (χ2v) is 5.16. The van der Waals surface area contributed by atoms with Crippen molar-refractivity contribution >= 4 is 11.6 Å². The van der Waals surface area contributed by atoms with Crippen LogP contribution in [0.5, 0.6) is 0 Å². The Balaban J connectivity index is 2.07. The Labute approximate surface area is 93.8 Å². The lowest BCUT2D eigenvalue weighted by Crippen LogP contribution is -2.33. The van der Waals surface area contributed by atoms with Gasteiger partial charge in [-0.15, -0.1) is 11.6 Å². The zero-order chi connectivity index (χ0) is 10.4. The van der Waals surface area contributed by atoms with Crippen molar-refractivity contribution in [2.75, 3.05) is 19.0 Å². The highest BCUT2D eigenvalue weighted by atomic mass is 35.5. The van der Waals surface area contributed by atoms with Crippen LogP contribution in [0.3, 0.4) is 0 Å². The number of halogens is 1. The summed E-state index contributed by atoms with van der Waals surface area (Å²) in [5, 5.41) is 0. The van der Waals surface area contributed by atoms with Crippen LogP contribution in [0.25, 0.3) is 0 Å². The normalized spacial score (nSPS) is 16.9. The number of hydrogen-bond acceptors (Lipinski definition) is 1. The molecule has 0 unspecified atom stereocenters. The molecule has 0 aliphatic heterocycles. The molecule has 0 N–H and O–H groups in total. The van der Waals surface area contributed by atoms with Crippen molar-refractivity contribution in [3.05, 3.63) is 0 Å². The Morgan fingerprint density at radius 2 is 1.93 bits per heavy atom. The molecule has 1 rings (SSSR count). The zero-order valence-corrected chi connectivity index (χ0v) is 10.4. The van der Waals surface area contributed by atoms with Gasteiger partial charge in [-0.25, -0.2) is 0 Å². The van der Waals surface area contributed by atoms with Gasteiger partial charge in [0.25, 0.3) is 0 Å². The Morgan fingerprint density at radius 3 is 2.43 bits per heavy atom. The van der Waals surface area contributed by atoms with Gasteiger partial charge in [-0.05, 0) is 52.0 Å². The van der Waals surface area contributed by atoms with E-state index in [-0.39, 0.29) is 0 Å². The average Bonchev–Trinajstić information content (AvgIpc) is 2.93. The minimum absolute atomic E-state index is 0.714. The summed E-state index contributed by atoms with van der Waals surface area (Å²) in [7, 11) is 0. The van der Waals surface area contributed by atoms with Gasteiger partial charge in [0.15, 0.2) is 0 Å². The van der Waals surface area contributed by atoms with E-state index in [0.717, 1.165) is 11.8 Å². The van der Waals surface area contributed by atoms with Crippen molar-refractivity contribution in [2.45, 2.75) is 52.0 Å². The van der Waals surface area contributed by atoms with E-state index in [1.54, 1.807) is 0 Å². The molecule has 1 fully saturated rings. The summed E-state index contributed by atoms with van der Waals surface area (Å²) in [6, 6.07) is 0.714. The van der Waals surface area contributed by atoms with Gasteiger partial charge in [0.05, 0.1) is 0 Å². The fourth-order valence-electron chi connectivity index (χ4n) is 1.78. The largest absolute Gasteiger partial charge is 0.301 e. The summed E-state index contributed by atoms with van der Waals surface area (Å²) in [5.41, 5.74) is 0. The fourth-order valence-corrected chi connectivity index (χ4v) is 1.97. The van der Waals surface area contributed by atoms with Crippen LogP contribution in [0.1, 0.15) is 46.0 Å². The van der Waals surface area contributed by atoms with E-state index in [1.165, 1.54) is 45.2 Å². The average molecular weight is 218 g/mol. The lowest BCUT2D eigenvalue weighted by atomic mass is 10.2. The van der Waals surface area contributed by atoms with Gasteiger partial charge in [0.1, 0.15) is 0 Å². The Hall–Kier alpha value is 0.250. The summed E-state index contributed by atoms with van der Waals surface area (Å²) in [6.07, 6.45) is 6.71. The molecule has 0 aromatic carbocycles. The second kappa shape index (κ2) is 6.68. The summed E-state index contributed by atoms with van der Waals surface area (Å²) >= 11 is 5.66. The topological polar surface area (TPSA) is 3.24 Å². The molecule has 0 amide bonds. The van der Waals surface area contributed by atoms with Crippen molar-refractivity contribution < 1.29 is 0 Å². The van der Waals surface area contributed by atoms with Gasteiger partial charge >= 0.3 is 0 Å². The van der Waals surface area contributed by atoms with Crippen molar-refractivity contribution in [1.82, 2.24) is 4.90 Å². The molecule has 14 heavy (non-hydrogen) atoms. The molecule has 0 spiro atoms. The standard InChI is InChI=1S/C12H24ClN/c1-11(2)14(10-12-6-7-12)9-5-3-4-8-13/h11-12H,3-10H2,1-2H3. The minimum Gasteiger partial charge on any atom is -0.301 e. The van der Waals surface area contributed by atoms with E-state index in [4.69, 9.17) is 11.6 Å². The molecule has 0 atom stereocenters. The number of hydrogen-bond donors (Lipinski definition) is 0. The molecule has 0 aromatic heterocycles.